The van der Waals surface area contributed by atoms with Gasteiger partial charge in [0.25, 0.3) is 0 Å². The first-order valence-corrected chi connectivity index (χ1v) is 6.53. The second kappa shape index (κ2) is 5.69. The Morgan fingerprint density at radius 3 is 2.48 bits per heavy atom. The molecule has 0 atom stereocenters. The van der Waals surface area contributed by atoms with E-state index in [1.165, 1.54) is 12.1 Å². The molecule has 0 aliphatic rings. The molecule has 1 aromatic heterocycles. The number of rotatable bonds is 3. The molecule has 2 aromatic rings. The SMILES string of the molecule is COC(=O)c1ccc(C(F)(F)F)cc1-c1ccc(C=O)s1. The van der Waals surface area contributed by atoms with Gasteiger partial charge in [0.05, 0.1) is 23.1 Å². The van der Waals surface area contributed by atoms with Gasteiger partial charge >= 0.3 is 12.1 Å². The lowest BCUT2D eigenvalue weighted by molar-refractivity contribution is -0.137. The molecule has 0 aliphatic heterocycles. The van der Waals surface area contributed by atoms with E-state index in [9.17, 15) is 22.8 Å². The number of hydrogen-bond acceptors (Lipinski definition) is 4. The molecule has 0 spiro atoms. The maximum Gasteiger partial charge on any atom is 0.416 e. The Hall–Kier alpha value is -2.15. The monoisotopic (exact) mass is 314 g/mol. The molecule has 1 heterocycles. The molecule has 0 saturated carbocycles. The maximum atomic E-state index is 12.8. The van der Waals surface area contributed by atoms with Crippen LogP contribution in [-0.2, 0) is 10.9 Å². The lowest BCUT2D eigenvalue weighted by atomic mass is 10.0. The van der Waals surface area contributed by atoms with E-state index < -0.39 is 17.7 Å². The average molecular weight is 314 g/mol. The highest BCUT2D eigenvalue weighted by atomic mass is 32.1. The summed E-state index contributed by atoms with van der Waals surface area (Å²) in [4.78, 5) is 23.1. The summed E-state index contributed by atoms with van der Waals surface area (Å²) in [5.41, 5.74) is -0.759. The Labute approximate surface area is 122 Å². The maximum absolute atomic E-state index is 12.8. The second-order valence-corrected chi connectivity index (χ2v) is 5.18. The van der Waals surface area contributed by atoms with Gasteiger partial charge in [-0.2, -0.15) is 13.2 Å². The fourth-order valence-corrected chi connectivity index (χ4v) is 2.63. The fraction of sp³-hybridized carbons (Fsp3) is 0.143. The highest BCUT2D eigenvalue weighted by molar-refractivity contribution is 7.17. The summed E-state index contributed by atoms with van der Waals surface area (Å²) in [7, 11) is 1.15. The number of esters is 1. The van der Waals surface area contributed by atoms with E-state index >= 15 is 0 Å². The number of aldehydes is 1. The van der Waals surface area contributed by atoms with Crippen molar-refractivity contribution in [3.63, 3.8) is 0 Å². The van der Waals surface area contributed by atoms with Crippen molar-refractivity contribution in [3.8, 4) is 10.4 Å². The number of halogens is 3. The van der Waals surface area contributed by atoms with Gasteiger partial charge in [0, 0.05) is 10.4 Å². The van der Waals surface area contributed by atoms with Gasteiger partial charge in [0.2, 0.25) is 0 Å². The summed E-state index contributed by atoms with van der Waals surface area (Å²) in [6.45, 7) is 0. The highest BCUT2D eigenvalue weighted by Crippen LogP contribution is 2.36. The van der Waals surface area contributed by atoms with Crippen LogP contribution in [0.5, 0.6) is 0 Å². The Kier molecular flexibility index (Phi) is 4.13. The van der Waals surface area contributed by atoms with Gasteiger partial charge in [-0.1, -0.05) is 0 Å². The Morgan fingerprint density at radius 1 is 1.24 bits per heavy atom. The van der Waals surface area contributed by atoms with Gasteiger partial charge in [0.1, 0.15) is 0 Å². The first-order chi connectivity index (χ1) is 9.86. The van der Waals surface area contributed by atoms with Gasteiger partial charge < -0.3 is 4.74 Å². The Bertz CT molecular complexity index is 689. The molecule has 0 N–H and O–H groups in total. The lowest BCUT2D eigenvalue weighted by Crippen LogP contribution is -2.08. The molecule has 0 bridgehead atoms. The molecule has 0 radical (unpaired) electrons. The zero-order valence-corrected chi connectivity index (χ0v) is 11.5. The number of carbonyl (C=O) groups is 2. The summed E-state index contributed by atoms with van der Waals surface area (Å²) in [6.07, 6.45) is -3.92. The number of alkyl halides is 3. The van der Waals surface area contributed by atoms with Crippen LogP contribution in [0.2, 0.25) is 0 Å². The van der Waals surface area contributed by atoms with Crippen LogP contribution in [0.4, 0.5) is 13.2 Å². The van der Waals surface area contributed by atoms with Crippen molar-refractivity contribution in [1.82, 2.24) is 0 Å². The fourth-order valence-electron chi connectivity index (χ4n) is 1.77. The van der Waals surface area contributed by atoms with Crippen LogP contribution >= 0.6 is 11.3 Å². The summed E-state index contributed by atoms with van der Waals surface area (Å²) in [6, 6.07) is 5.76. The van der Waals surface area contributed by atoms with Crippen molar-refractivity contribution in [1.29, 1.82) is 0 Å². The van der Waals surface area contributed by atoms with E-state index in [4.69, 9.17) is 0 Å². The first kappa shape index (κ1) is 15.2. The summed E-state index contributed by atoms with van der Waals surface area (Å²) in [5, 5.41) is 0. The number of ether oxygens (including phenoxy) is 1. The van der Waals surface area contributed by atoms with Gasteiger partial charge in [-0.25, -0.2) is 4.79 Å². The number of hydrogen-bond donors (Lipinski definition) is 0. The molecule has 21 heavy (non-hydrogen) atoms. The van der Waals surface area contributed by atoms with Crippen LogP contribution < -0.4 is 0 Å². The van der Waals surface area contributed by atoms with Crippen molar-refractivity contribution in [2.24, 2.45) is 0 Å². The molecule has 1 aromatic carbocycles. The molecule has 2 rings (SSSR count). The predicted octanol–water partition coefficient (Wildman–Crippen LogP) is 4.03. The number of carbonyl (C=O) groups excluding carboxylic acids is 2. The second-order valence-electron chi connectivity index (χ2n) is 4.07. The molecule has 0 aliphatic carbocycles. The zero-order valence-electron chi connectivity index (χ0n) is 10.7. The smallest absolute Gasteiger partial charge is 0.416 e. The van der Waals surface area contributed by atoms with E-state index in [0.717, 1.165) is 36.6 Å². The molecule has 110 valence electrons. The minimum absolute atomic E-state index is 0.0183. The molecular formula is C14H9F3O3S. The van der Waals surface area contributed by atoms with Crippen molar-refractivity contribution in [3.05, 3.63) is 46.3 Å². The van der Waals surface area contributed by atoms with E-state index in [2.05, 4.69) is 4.74 Å². The normalized spacial score (nSPS) is 11.2. The molecule has 0 saturated heterocycles. The minimum atomic E-state index is -4.52. The highest BCUT2D eigenvalue weighted by Gasteiger charge is 2.32. The van der Waals surface area contributed by atoms with Crippen molar-refractivity contribution in [2.45, 2.75) is 6.18 Å². The zero-order chi connectivity index (χ0) is 15.6. The number of benzene rings is 1. The molecule has 0 fully saturated rings. The van der Waals surface area contributed by atoms with E-state index in [-0.39, 0.29) is 11.1 Å². The van der Waals surface area contributed by atoms with Gasteiger partial charge in [0.15, 0.2) is 6.29 Å². The van der Waals surface area contributed by atoms with Crippen LogP contribution in [0.1, 0.15) is 25.6 Å². The van der Waals surface area contributed by atoms with E-state index in [1.807, 2.05) is 0 Å². The van der Waals surface area contributed by atoms with Crippen LogP contribution in [-0.4, -0.2) is 19.4 Å². The van der Waals surface area contributed by atoms with Gasteiger partial charge in [-0.15, -0.1) is 11.3 Å². The Balaban J connectivity index is 2.63. The van der Waals surface area contributed by atoms with Crippen molar-refractivity contribution in [2.75, 3.05) is 7.11 Å². The van der Waals surface area contributed by atoms with Gasteiger partial charge in [-0.3, -0.25) is 4.79 Å². The third-order valence-corrected chi connectivity index (χ3v) is 3.80. The van der Waals surface area contributed by atoms with E-state index in [0.29, 0.717) is 16.0 Å². The van der Waals surface area contributed by atoms with Crippen LogP contribution in [0.3, 0.4) is 0 Å². The number of methoxy groups -OCH3 is 1. The third kappa shape index (κ3) is 3.13. The van der Waals surface area contributed by atoms with Crippen LogP contribution in [0.15, 0.2) is 30.3 Å². The molecule has 0 amide bonds. The lowest BCUT2D eigenvalue weighted by Gasteiger charge is -2.11. The quantitative estimate of drug-likeness (QED) is 0.634. The minimum Gasteiger partial charge on any atom is -0.465 e. The molecule has 7 heteroatoms. The third-order valence-electron chi connectivity index (χ3n) is 2.76. The average Bonchev–Trinajstić information content (AvgIpc) is 2.93. The largest absolute Gasteiger partial charge is 0.465 e. The first-order valence-electron chi connectivity index (χ1n) is 5.71. The van der Waals surface area contributed by atoms with Gasteiger partial charge in [-0.05, 0) is 30.3 Å². The van der Waals surface area contributed by atoms with Crippen molar-refractivity contribution < 1.29 is 27.5 Å². The summed E-state index contributed by atoms with van der Waals surface area (Å²) in [5.74, 6) is -0.736. The summed E-state index contributed by atoms with van der Waals surface area (Å²) >= 11 is 1.00. The molecular weight excluding hydrogens is 305 g/mol. The molecule has 3 nitrogen and oxygen atoms in total. The van der Waals surface area contributed by atoms with Crippen molar-refractivity contribution >= 4 is 23.6 Å². The number of thiophene rings is 1. The summed E-state index contributed by atoms with van der Waals surface area (Å²) < 4.78 is 43.0. The topological polar surface area (TPSA) is 43.4 Å². The van der Waals surface area contributed by atoms with Crippen LogP contribution in [0.25, 0.3) is 10.4 Å². The van der Waals surface area contributed by atoms with E-state index in [1.54, 1.807) is 0 Å². The molecule has 0 unspecified atom stereocenters. The Morgan fingerprint density at radius 2 is 1.95 bits per heavy atom. The van der Waals surface area contributed by atoms with Crippen LogP contribution in [0, 0.1) is 0 Å². The standard InChI is InChI=1S/C14H9F3O3S/c1-20-13(19)10-4-2-8(14(15,16)17)6-11(10)12-5-3-9(7-18)21-12/h2-7H,1H3. The predicted molar refractivity (Wildman–Crippen MR) is 71.5 cm³/mol.